The number of allylic oxidation sites excluding steroid dienone is 4. The van der Waals surface area contributed by atoms with Gasteiger partial charge in [0.25, 0.3) is 0 Å². The molecule has 1 aliphatic rings. The monoisotopic (exact) mass is 251 g/mol. The number of hydrogen-bond acceptors (Lipinski definition) is 1. The highest BCUT2D eigenvalue weighted by Crippen LogP contribution is 2.30. The van der Waals surface area contributed by atoms with E-state index in [1.165, 1.54) is 16.7 Å². The summed E-state index contributed by atoms with van der Waals surface area (Å²) < 4.78 is 0. The van der Waals surface area contributed by atoms with Crippen LogP contribution < -0.4 is 0 Å². The van der Waals surface area contributed by atoms with Gasteiger partial charge in [0.1, 0.15) is 0 Å². The van der Waals surface area contributed by atoms with Crippen LogP contribution in [0.1, 0.15) is 44.4 Å². The summed E-state index contributed by atoms with van der Waals surface area (Å²) in [6.45, 7) is 6.24. The standard InChI is InChI=1S/C18H21N/c1-4-8-16(13-14(2)3)19-18-12-7-10-15-9-5-6-11-17(15)18/h4-11,13,18H,12H2,1-3H3/b8-4-,19-16?. The first kappa shape index (κ1) is 13.5. The normalized spacial score (nSPS) is 18.5. The molecule has 1 nitrogen and oxygen atoms in total. The van der Waals surface area contributed by atoms with E-state index in [2.05, 4.69) is 62.4 Å². The van der Waals surface area contributed by atoms with Crippen molar-refractivity contribution in [3.05, 3.63) is 65.3 Å². The smallest absolute Gasteiger partial charge is 0.0796 e. The van der Waals surface area contributed by atoms with Crippen molar-refractivity contribution in [3.8, 4) is 0 Å². The van der Waals surface area contributed by atoms with Crippen molar-refractivity contribution in [1.29, 1.82) is 0 Å². The molecule has 2 rings (SSSR count). The van der Waals surface area contributed by atoms with Gasteiger partial charge in [0.05, 0.1) is 11.8 Å². The molecule has 19 heavy (non-hydrogen) atoms. The second kappa shape index (κ2) is 6.33. The van der Waals surface area contributed by atoms with E-state index in [0.29, 0.717) is 0 Å². The predicted molar refractivity (Wildman–Crippen MR) is 84.5 cm³/mol. The van der Waals surface area contributed by atoms with E-state index in [9.17, 15) is 0 Å². The Balaban J connectivity index is 2.37. The first-order chi connectivity index (χ1) is 9.20. The SMILES string of the molecule is C/C=C\C(C=C(C)C)=NC1CC=Cc2ccccc21. The number of fused-ring (bicyclic) bond motifs is 1. The molecule has 0 spiro atoms. The highest BCUT2D eigenvalue weighted by atomic mass is 14.8. The molecule has 1 aromatic rings. The molecule has 1 aliphatic carbocycles. The Morgan fingerprint density at radius 2 is 2.05 bits per heavy atom. The third kappa shape index (κ3) is 3.54. The Labute approximate surface area is 116 Å². The summed E-state index contributed by atoms with van der Waals surface area (Å²) in [6, 6.07) is 8.75. The average Bonchev–Trinajstić information content (AvgIpc) is 2.39. The summed E-state index contributed by atoms with van der Waals surface area (Å²) in [5.41, 5.74) is 4.95. The van der Waals surface area contributed by atoms with Crippen LogP contribution >= 0.6 is 0 Å². The van der Waals surface area contributed by atoms with Crippen LogP contribution in [0.2, 0.25) is 0 Å². The summed E-state index contributed by atoms with van der Waals surface area (Å²) >= 11 is 0. The lowest BCUT2D eigenvalue weighted by molar-refractivity contribution is 0.737. The maximum absolute atomic E-state index is 4.91. The van der Waals surface area contributed by atoms with Crippen LogP contribution in [0.3, 0.4) is 0 Å². The molecule has 0 heterocycles. The fourth-order valence-corrected chi connectivity index (χ4v) is 2.31. The van der Waals surface area contributed by atoms with E-state index in [-0.39, 0.29) is 6.04 Å². The van der Waals surface area contributed by atoms with Gasteiger partial charge in [0, 0.05) is 0 Å². The van der Waals surface area contributed by atoms with E-state index in [4.69, 9.17) is 4.99 Å². The van der Waals surface area contributed by atoms with Gasteiger partial charge in [-0.2, -0.15) is 0 Å². The van der Waals surface area contributed by atoms with Gasteiger partial charge >= 0.3 is 0 Å². The molecule has 0 saturated carbocycles. The summed E-state index contributed by atoms with van der Waals surface area (Å²) in [7, 11) is 0. The molecule has 98 valence electrons. The largest absolute Gasteiger partial charge is 0.277 e. The zero-order valence-electron chi connectivity index (χ0n) is 11.9. The van der Waals surface area contributed by atoms with Crippen molar-refractivity contribution in [3.63, 3.8) is 0 Å². The van der Waals surface area contributed by atoms with Crippen molar-refractivity contribution in [1.82, 2.24) is 0 Å². The molecule has 0 aliphatic heterocycles. The van der Waals surface area contributed by atoms with E-state index in [1.54, 1.807) is 0 Å². The molecule has 0 aromatic heterocycles. The molecule has 0 fully saturated rings. The Hall–Kier alpha value is -1.89. The van der Waals surface area contributed by atoms with Crippen LogP contribution in [0.15, 0.2) is 59.1 Å². The quantitative estimate of drug-likeness (QED) is 0.660. The second-order valence-electron chi connectivity index (χ2n) is 5.06. The lowest BCUT2D eigenvalue weighted by atomic mass is 9.93. The number of benzene rings is 1. The molecule has 1 heteroatoms. The van der Waals surface area contributed by atoms with E-state index in [0.717, 1.165) is 12.1 Å². The zero-order chi connectivity index (χ0) is 13.7. The Morgan fingerprint density at radius 1 is 1.26 bits per heavy atom. The Morgan fingerprint density at radius 3 is 2.79 bits per heavy atom. The molecule has 0 amide bonds. The van der Waals surface area contributed by atoms with Crippen LogP contribution in [0.5, 0.6) is 0 Å². The van der Waals surface area contributed by atoms with E-state index in [1.807, 2.05) is 13.0 Å². The van der Waals surface area contributed by atoms with Crippen molar-refractivity contribution in [2.24, 2.45) is 4.99 Å². The van der Waals surface area contributed by atoms with Crippen molar-refractivity contribution >= 4 is 11.8 Å². The van der Waals surface area contributed by atoms with E-state index >= 15 is 0 Å². The number of hydrogen-bond donors (Lipinski definition) is 0. The van der Waals surface area contributed by atoms with Crippen LogP contribution in [-0.4, -0.2) is 5.71 Å². The zero-order valence-corrected chi connectivity index (χ0v) is 11.9. The van der Waals surface area contributed by atoms with Crippen molar-refractivity contribution in [2.75, 3.05) is 0 Å². The minimum absolute atomic E-state index is 0.239. The van der Waals surface area contributed by atoms with Crippen LogP contribution in [-0.2, 0) is 0 Å². The lowest BCUT2D eigenvalue weighted by Crippen LogP contribution is -2.04. The van der Waals surface area contributed by atoms with Crippen LogP contribution in [0, 0.1) is 0 Å². The lowest BCUT2D eigenvalue weighted by Gasteiger charge is -2.18. The number of nitrogens with zero attached hydrogens (tertiary/aromatic N) is 1. The number of rotatable bonds is 3. The van der Waals surface area contributed by atoms with Gasteiger partial charge in [0.15, 0.2) is 0 Å². The summed E-state index contributed by atoms with van der Waals surface area (Å²) in [6.07, 6.45) is 11.6. The van der Waals surface area contributed by atoms with Gasteiger partial charge in [-0.1, -0.05) is 48.1 Å². The maximum Gasteiger partial charge on any atom is 0.0796 e. The molecule has 1 unspecified atom stereocenters. The maximum atomic E-state index is 4.91. The van der Waals surface area contributed by atoms with Gasteiger partial charge in [-0.05, 0) is 50.5 Å². The highest BCUT2D eigenvalue weighted by molar-refractivity contribution is 6.04. The average molecular weight is 251 g/mol. The van der Waals surface area contributed by atoms with Gasteiger partial charge in [-0.3, -0.25) is 4.99 Å². The minimum atomic E-state index is 0.239. The third-order valence-corrected chi connectivity index (χ3v) is 3.09. The minimum Gasteiger partial charge on any atom is -0.277 e. The van der Waals surface area contributed by atoms with Gasteiger partial charge in [-0.15, -0.1) is 0 Å². The molecular weight excluding hydrogens is 230 g/mol. The fourth-order valence-electron chi connectivity index (χ4n) is 2.31. The molecule has 1 atom stereocenters. The van der Waals surface area contributed by atoms with Gasteiger partial charge in [0.2, 0.25) is 0 Å². The molecular formula is C18H21N. The Bertz CT molecular complexity index is 555. The van der Waals surface area contributed by atoms with Crippen LogP contribution in [0.4, 0.5) is 0 Å². The highest BCUT2D eigenvalue weighted by Gasteiger charge is 2.15. The van der Waals surface area contributed by atoms with Gasteiger partial charge in [-0.25, -0.2) is 0 Å². The molecule has 0 saturated heterocycles. The molecule has 0 bridgehead atoms. The molecule has 0 N–H and O–H groups in total. The van der Waals surface area contributed by atoms with Crippen molar-refractivity contribution < 1.29 is 0 Å². The van der Waals surface area contributed by atoms with Crippen LogP contribution in [0.25, 0.3) is 6.08 Å². The Kier molecular flexibility index (Phi) is 4.51. The topological polar surface area (TPSA) is 12.4 Å². The van der Waals surface area contributed by atoms with E-state index < -0.39 is 0 Å². The molecule has 1 aromatic carbocycles. The predicted octanol–water partition coefficient (Wildman–Crippen LogP) is 5.13. The fraction of sp³-hybridized carbons (Fsp3) is 0.278. The second-order valence-corrected chi connectivity index (χ2v) is 5.06. The summed E-state index contributed by atoms with van der Waals surface area (Å²) in [5.74, 6) is 0. The first-order valence-corrected chi connectivity index (χ1v) is 6.81. The molecule has 0 radical (unpaired) electrons. The van der Waals surface area contributed by atoms with Crippen molar-refractivity contribution in [2.45, 2.75) is 33.2 Å². The summed E-state index contributed by atoms with van der Waals surface area (Å²) in [4.78, 5) is 4.91. The first-order valence-electron chi connectivity index (χ1n) is 6.81. The third-order valence-electron chi connectivity index (χ3n) is 3.09. The van der Waals surface area contributed by atoms with Gasteiger partial charge < -0.3 is 0 Å². The number of aliphatic imine (C=N–C) groups is 1. The summed E-state index contributed by atoms with van der Waals surface area (Å²) in [5, 5.41) is 0.